The molecule has 3 N–H and O–H groups in total. The summed E-state index contributed by atoms with van der Waals surface area (Å²) in [6.07, 6.45) is 0. The van der Waals surface area contributed by atoms with E-state index < -0.39 is 0 Å². The van der Waals surface area contributed by atoms with Gasteiger partial charge in [-0.15, -0.1) is 0 Å². The van der Waals surface area contributed by atoms with Gasteiger partial charge in [-0.25, -0.2) is 10.8 Å². The molecule has 1 amide bonds. The number of hydrazine groups is 1. The molecule has 0 spiro atoms. The summed E-state index contributed by atoms with van der Waals surface area (Å²) in [7, 11) is 0. The van der Waals surface area contributed by atoms with Crippen LogP contribution in [-0.2, 0) is 0 Å². The number of anilines is 1. The van der Waals surface area contributed by atoms with Crippen LogP contribution in [0.5, 0.6) is 0 Å². The van der Waals surface area contributed by atoms with Gasteiger partial charge in [0.1, 0.15) is 11.0 Å². The van der Waals surface area contributed by atoms with E-state index in [0.29, 0.717) is 23.8 Å². The molecule has 0 radical (unpaired) electrons. The highest BCUT2D eigenvalue weighted by atomic mass is 35.5. The molecule has 0 aliphatic carbocycles. The topological polar surface area (TPSA) is 71.2 Å². The van der Waals surface area contributed by atoms with Gasteiger partial charge in [-0.3, -0.25) is 4.79 Å². The third kappa shape index (κ3) is 4.36. The fraction of sp³-hybridized carbons (Fsp3) is 0.538. The van der Waals surface area contributed by atoms with Gasteiger partial charge in [0.2, 0.25) is 0 Å². The maximum atomic E-state index is 12.5. The summed E-state index contributed by atoms with van der Waals surface area (Å²) in [6, 6.07) is 3.28. The van der Waals surface area contributed by atoms with Crippen molar-refractivity contribution in [2.45, 2.75) is 33.7 Å². The molecule has 0 aliphatic heterocycles. The van der Waals surface area contributed by atoms with E-state index in [4.69, 9.17) is 17.4 Å². The van der Waals surface area contributed by atoms with Gasteiger partial charge < -0.3 is 10.3 Å². The van der Waals surface area contributed by atoms with Crippen molar-refractivity contribution in [3.63, 3.8) is 0 Å². The predicted octanol–water partition coefficient (Wildman–Crippen LogP) is 2.53. The van der Waals surface area contributed by atoms with Crippen molar-refractivity contribution in [2.24, 2.45) is 11.8 Å². The van der Waals surface area contributed by atoms with Crippen molar-refractivity contribution in [3.8, 4) is 0 Å². The van der Waals surface area contributed by atoms with Crippen molar-refractivity contribution in [3.05, 3.63) is 22.8 Å². The minimum atomic E-state index is -0.0653. The van der Waals surface area contributed by atoms with Gasteiger partial charge in [0.05, 0.1) is 0 Å². The van der Waals surface area contributed by atoms with Crippen LogP contribution in [0.4, 0.5) is 5.82 Å². The van der Waals surface area contributed by atoms with E-state index in [1.54, 1.807) is 12.1 Å². The number of nitrogen functional groups attached to an aromatic ring is 1. The normalized spacial score (nSPS) is 10.9. The number of hydrogen-bond donors (Lipinski definition) is 2. The summed E-state index contributed by atoms with van der Waals surface area (Å²) in [6.45, 7) is 8.84. The van der Waals surface area contributed by atoms with Crippen molar-refractivity contribution < 1.29 is 4.79 Å². The van der Waals surface area contributed by atoms with Gasteiger partial charge in [-0.1, -0.05) is 25.4 Å². The first-order valence-corrected chi connectivity index (χ1v) is 6.68. The molecule has 0 aliphatic rings. The maximum Gasteiger partial charge on any atom is 0.254 e. The van der Waals surface area contributed by atoms with Crippen LogP contribution in [0.2, 0.25) is 5.15 Å². The van der Waals surface area contributed by atoms with Gasteiger partial charge >= 0.3 is 0 Å². The number of carbonyl (C=O) groups excluding carboxylic acids is 1. The lowest BCUT2D eigenvalue weighted by Crippen LogP contribution is -2.39. The molecule has 19 heavy (non-hydrogen) atoms. The zero-order valence-electron chi connectivity index (χ0n) is 11.8. The SMILES string of the molecule is CC(C)CN(C(=O)c1cc(Cl)nc(NN)c1)C(C)C. The minimum Gasteiger partial charge on any atom is -0.336 e. The lowest BCUT2D eigenvalue weighted by Gasteiger charge is -2.28. The Hall–Kier alpha value is -1.33. The lowest BCUT2D eigenvalue weighted by molar-refractivity contribution is 0.0682. The van der Waals surface area contributed by atoms with Crippen LogP contribution < -0.4 is 11.3 Å². The fourth-order valence-corrected chi connectivity index (χ4v) is 1.99. The van der Waals surface area contributed by atoms with E-state index in [1.165, 1.54) is 0 Å². The molecule has 5 nitrogen and oxygen atoms in total. The van der Waals surface area contributed by atoms with E-state index in [0.717, 1.165) is 0 Å². The van der Waals surface area contributed by atoms with Crippen molar-refractivity contribution in [1.29, 1.82) is 0 Å². The Morgan fingerprint density at radius 3 is 2.53 bits per heavy atom. The summed E-state index contributed by atoms with van der Waals surface area (Å²) < 4.78 is 0. The zero-order valence-corrected chi connectivity index (χ0v) is 12.5. The lowest BCUT2D eigenvalue weighted by atomic mass is 10.1. The number of amides is 1. The quantitative estimate of drug-likeness (QED) is 0.495. The Morgan fingerprint density at radius 1 is 1.42 bits per heavy atom. The molecule has 0 unspecified atom stereocenters. The standard InChI is InChI=1S/C13H21ClN4O/c1-8(2)7-18(9(3)4)13(19)10-5-11(14)16-12(6-10)17-15/h5-6,8-9H,7,15H2,1-4H3,(H,16,17). The van der Waals surface area contributed by atoms with Gasteiger partial charge in [-0.2, -0.15) is 0 Å². The molecule has 0 fully saturated rings. The van der Waals surface area contributed by atoms with Gasteiger partial charge in [-0.05, 0) is 31.9 Å². The maximum absolute atomic E-state index is 12.5. The first-order chi connectivity index (χ1) is 8.85. The highest BCUT2D eigenvalue weighted by molar-refractivity contribution is 6.29. The summed E-state index contributed by atoms with van der Waals surface area (Å²) in [4.78, 5) is 18.3. The van der Waals surface area contributed by atoms with Gasteiger partial charge in [0.15, 0.2) is 0 Å². The minimum absolute atomic E-state index is 0.0653. The second-order valence-corrected chi connectivity index (χ2v) is 5.54. The van der Waals surface area contributed by atoms with Crippen LogP contribution >= 0.6 is 11.6 Å². The molecular formula is C13H21ClN4O. The van der Waals surface area contributed by atoms with Crippen LogP contribution in [0.15, 0.2) is 12.1 Å². The van der Waals surface area contributed by atoms with Crippen LogP contribution in [0.3, 0.4) is 0 Å². The molecule has 6 heteroatoms. The molecular weight excluding hydrogens is 264 g/mol. The Balaban J connectivity index is 3.05. The highest BCUT2D eigenvalue weighted by Crippen LogP contribution is 2.17. The van der Waals surface area contributed by atoms with Crippen molar-refractivity contribution >= 4 is 23.3 Å². The number of aromatic nitrogens is 1. The largest absolute Gasteiger partial charge is 0.336 e. The second kappa shape index (κ2) is 6.73. The highest BCUT2D eigenvalue weighted by Gasteiger charge is 2.20. The first kappa shape index (κ1) is 15.7. The summed E-state index contributed by atoms with van der Waals surface area (Å²) >= 11 is 5.89. The molecule has 0 saturated carbocycles. The average Bonchev–Trinajstić information content (AvgIpc) is 2.33. The molecule has 0 aromatic carbocycles. The van der Waals surface area contributed by atoms with E-state index in [1.807, 2.05) is 18.7 Å². The third-order valence-electron chi connectivity index (χ3n) is 2.63. The van der Waals surface area contributed by atoms with E-state index in [2.05, 4.69) is 24.3 Å². The number of rotatable bonds is 5. The molecule has 1 rings (SSSR count). The molecule has 0 bridgehead atoms. The van der Waals surface area contributed by atoms with Crippen LogP contribution in [0.25, 0.3) is 0 Å². The Labute approximate surface area is 119 Å². The number of nitrogens with two attached hydrogens (primary N) is 1. The van der Waals surface area contributed by atoms with E-state index >= 15 is 0 Å². The summed E-state index contributed by atoms with van der Waals surface area (Å²) in [5, 5.41) is 0.243. The van der Waals surface area contributed by atoms with Crippen molar-refractivity contribution in [2.75, 3.05) is 12.0 Å². The van der Waals surface area contributed by atoms with Crippen molar-refractivity contribution in [1.82, 2.24) is 9.88 Å². The Morgan fingerprint density at radius 2 is 2.05 bits per heavy atom. The molecule has 106 valence electrons. The first-order valence-electron chi connectivity index (χ1n) is 6.30. The van der Waals surface area contributed by atoms with Crippen LogP contribution in [0, 0.1) is 5.92 Å². The predicted molar refractivity (Wildman–Crippen MR) is 78.1 cm³/mol. The molecule has 0 saturated heterocycles. The number of carbonyl (C=O) groups is 1. The Kier molecular flexibility index (Phi) is 5.57. The molecule has 0 atom stereocenters. The van der Waals surface area contributed by atoms with Crippen LogP contribution in [0.1, 0.15) is 38.1 Å². The number of nitrogens with one attached hydrogen (secondary N) is 1. The number of pyridine rings is 1. The monoisotopic (exact) mass is 284 g/mol. The van der Waals surface area contributed by atoms with E-state index in [9.17, 15) is 4.79 Å². The second-order valence-electron chi connectivity index (χ2n) is 5.15. The van der Waals surface area contributed by atoms with Crippen LogP contribution in [-0.4, -0.2) is 28.4 Å². The Bertz CT molecular complexity index is 448. The zero-order chi connectivity index (χ0) is 14.6. The van der Waals surface area contributed by atoms with Gasteiger partial charge in [0, 0.05) is 18.2 Å². The molecule has 1 aromatic heterocycles. The average molecular weight is 285 g/mol. The molecule has 1 heterocycles. The number of hydrogen-bond acceptors (Lipinski definition) is 4. The van der Waals surface area contributed by atoms with Gasteiger partial charge in [0.25, 0.3) is 5.91 Å². The number of nitrogens with zero attached hydrogens (tertiary/aromatic N) is 2. The molecule has 1 aromatic rings. The fourth-order valence-electron chi connectivity index (χ4n) is 1.78. The smallest absolute Gasteiger partial charge is 0.254 e. The summed E-state index contributed by atoms with van der Waals surface area (Å²) in [5.41, 5.74) is 2.89. The van der Waals surface area contributed by atoms with E-state index in [-0.39, 0.29) is 17.1 Å². The third-order valence-corrected chi connectivity index (χ3v) is 2.83. The number of halogens is 1. The summed E-state index contributed by atoms with van der Waals surface area (Å²) in [5.74, 6) is 6.02.